The van der Waals surface area contributed by atoms with Gasteiger partial charge in [0.2, 0.25) is 10.0 Å². The predicted octanol–water partition coefficient (Wildman–Crippen LogP) is 0.154. The number of rotatable bonds is 6. The lowest BCUT2D eigenvalue weighted by Gasteiger charge is -2.30. The van der Waals surface area contributed by atoms with Gasteiger partial charge in [-0.2, -0.15) is 0 Å². The van der Waals surface area contributed by atoms with Crippen LogP contribution in [0.4, 0.5) is 0 Å². The summed E-state index contributed by atoms with van der Waals surface area (Å²) in [5.74, 6) is -1.31. The van der Waals surface area contributed by atoms with Crippen LogP contribution in [0.5, 0.6) is 0 Å². The maximum absolute atomic E-state index is 12.1. The van der Waals surface area contributed by atoms with Crippen molar-refractivity contribution in [1.29, 1.82) is 0 Å². The zero-order chi connectivity index (χ0) is 15.2. The maximum atomic E-state index is 12.1. The Morgan fingerprint density at radius 1 is 1.25 bits per heavy atom. The van der Waals surface area contributed by atoms with Crippen LogP contribution in [0.2, 0.25) is 0 Å². The first-order valence-electron chi connectivity index (χ1n) is 6.53. The van der Waals surface area contributed by atoms with Gasteiger partial charge in [-0.3, -0.25) is 9.59 Å². The third-order valence-corrected chi connectivity index (χ3v) is 5.25. The van der Waals surface area contributed by atoms with Crippen LogP contribution in [0.25, 0.3) is 0 Å². The zero-order valence-corrected chi connectivity index (χ0v) is 12.6. The lowest BCUT2D eigenvalue weighted by atomic mass is 10.0. The molecule has 1 atom stereocenters. The van der Waals surface area contributed by atoms with Crippen LogP contribution in [0, 0.1) is 5.92 Å². The Hall–Kier alpha value is -1.15. The summed E-state index contributed by atoms with van der Waals surface area (Å²) in [5.41, 5.74) is 0. The zero-order valence-electron chi connectivity index (χ0n) is 11.8. The van der Waals surface area contributed by atoms with Crippen molar-refractivity contribution in [2.45, 2.75) is 25.7 Å². The van der Waals surface area contributed by atoms with Gasteiger partial charge in [0.05, 0.1) is 25.9 Å². The monoisotopic (exact) mass is 307 g/mol. The molecular formula is C12H21NO6S. The van der Waals surface area contributed by atoms with Crippen LogP contribution in [0.15, 0.2) is 0 Å². The average molecular weight is 307 g/mol. The van der Waals surface area contributed by atoms with Gasteiger partial charge in [-0.1, -0.05) is 0 Å². The molecule has 0 amide bonds. The smallest absolute Gasteiger partial charge is 0.309 e. The van der Waals surface area contributed by atoms with Crippen molar-refractivity contribution in [1.82, 2.24) is 4.31 Å². The first-order valence-corrected chi connectivity index (χ1v) is 8.14. The second kappa shape index (κ2) is 7.58. The quantitative estimate of drug-likeness (QED) is 0.649. The minimum atomic E-state index is -3.44. The van der Waals surface area contributed by atoms with Gasteiger partial charge >= 0.3 is 11.9 Å². The van der Waals surface area contributed by atoms with Gasteiger partial charge in [0.15, 0.2) is 0 Å². The summed E-state index contributed by atoms with van der Waals surface area (Å²) in [5, 5.41) is 0. The van der Waals surface area contributed by atoms with Crippen LogP contribution < -0.4 is 0 Å². The number of methoxy groups -OCH3 is 2. The molecule has 1 fully saturated rings. The van der Waals surface area contributed by atoms with Crippen molar-refractivity contribution in [3.05, 3.63) is 0 Å². The van der Waals surface area contributed by atoms with E-state index in [1.54, 1.807) is 0 Å². The fourth-order valence-electron chi connectivity index (χ4n) is 2.18. The lowest BCUT2D eigenvalue weighted by Crippen LogP contribution is -2.43. The molecule has 8 heteroatoms. The highest BCUT2D eigenvalue weighted by atomic mass is 32.2. The topological polar surface area (TPSA) is 90.0 Å². The number of nitrogens with zero attached hydrogens (tertiary/aromatic N) is 1. The van der Waals surface area contributed by atoms with E-state index in [9.17, 15) is 18.0 Å². The fourth-order valence-corrected chi connectivity index (χ4v) is 3.77. The number of hydrogen-bond acceptors (Lipinski definition) is 6. The predicted molar refractivity (Wildman–Crippen MR) is 71.3 cm³/mol. The Bertz CT molecular complexity index is 447. The molecule has 0 bridgehead atoms. The Morgan fingerprint density at radius 3 is 2.55 bits per heavy atom. The normalized spacial score (nSPS) is 20.4. The van der Waals surface area contributed by atoms with E-state index in [4.69, 9.17) is 0 Å². The number of sulfonamides is 1. The van der Waals surface area contributed by atoms with Gasteiger partial charge < -0.3 is 9.47 Å². The molecule has 0 spiro atoms. The van der Waals surface area contributed by atoms with Crippen LogP contribution in [0.3, 0.4) is 0 Å². The molecule has 1 aliphatic rings. The molecule has 0 radical (unpaired) electrons. The highest BCUT2D eigenvalue weighted by molar-refractivity contribution is 7.89. The van der Waals surface area contributed by atoms with Crippen molar-refractivity contribution < 1.29 is 27.5 Å². The molecule has 0 aromatic rings. The third kappa shape index (κ3) is 4.75. The van der Waals surface area contributed by atoms with Gasteiger partial charge in [0.1, 0.15) is 0 Å². The number of esters is 2. The van der Waals surface area contributed by atoms with Gasteiger partial charge in [-0.25, -0.2) is 12.7 Å². The molecule has 116 valence electrons. The summed E-state index contributed by atoms with van der Waals surface area (Å²) in [7, 11) is -0.880. The van der Waals surface area contributed by atoms with Crippen molar-refractivity contribution in [2.24, 2.45) is 5.92 Å². The molecule has 0 N–H and O–H groups in total. The van der Waals surface area contributed by atoms with E-state index in [1.807, 2.05) is 0 Å². The van der Waals surface area contributed by atoms with Crippen molar-refractivity contribution >= 4 is 22.0 Å². The molecule has 0 aromatic carbocycles. The second-order valence-corrected chi connectivity index (χ2v) is 6.80. The summed E-state index contributed by atoms with van der Waals surface area (Å²) in [6, 6.07) is 0. The van der Waals surface area contributed by atoms with Crippen LogP contribution in [0.1, 0.15) is 25.7 Å². The first-order chi connectivity index (χ1) is 9.40. The SMILES string of the molecule is COC(=O)CCCS(=O)(=O)N1CCC[C@H](C(=O)OC)C1. The van der Waals surface area contributed by atoms with E-state index in [1.165, 1.54) is 18.5 Å². The molecule has 7 nitrogen and oxygen atoms in total. The second-order valence-electron chi connectivity index (χ2n) is 4.72. The Labute approximate surface area is 119 Å². The fraction of sp³-hybridized carbons (Fsp3) is 0.833. The summed E-state index contributed by atoms with van der Waals surface area (Å²) in [6.07, 6.45) is 1.56. The number of piperidine rings is 1. The Kier molecular flexibility index (Phi) is 6.41. The summed E-state index contributed by atoms with van der Waals surface area (Å²) in [4.78, 5) is 22.4. The minimum absolute atomic E-state index is 0.0734. The molecular weight excluding hydrogens is 286 g/mol. The van der Waals surface area contributed by atoms with E-state index >= 15 is 0 Å². The van der Waals surface area contributed by atoms with E-state index in [2.05, 4.69) is 9.47 Å². The highest BCUT2D eigenvalue weighted by Gasteiger charge is 2.32. The maximum Gasteiger partial charge on any atom is 0.309 e. The molecule has 1 saturated heterocycles. The van der Waals surface area contributed by atoms with E-state index in [0.29, 0.717) is 19.4 Å². The number of hydrogen-bond donors (Lipinski definition) is 0. The molecule has 0 saturated carbocycles. The standard InChI is InChI=1S/C12H21NO6S/c1-18-11(14)6-4-8-20(16,17)13-7-3-5-10(9-13)12(15)19-2/h10H,3-9H2,1-2H3/t10-/m0/s1. The van der Waals surface area contributed by atoms with E-state index in [0.717, 1.165) is 0 Å². The lowest BCUT2D eigenvalue weighted by molar-refractivity contribution is -0.146. The summed E-state index contributed by atoms with van der Waals surface area (Å²) < 4.78 is 34.7. The average Bonchev–Trinajstić information content (AvgIpc) is 2.46. The molecule has 1 rings (SSSR count). The molecule has 0 aromatic heterocycles. The third-order valence-electron chi connectivity index (χ3n) is 3.32. The van der Waals surface area contributed by atoms with Crippen LogP contribution >= 0.6 is 0 Å². The largest absolute Gasteiger partial charge is 0.469 e. The van der Waals surface area contributed by atoms with E-state index < -0.39 is 21.9 Å². The Morgan fingerprint density at radius 2 is 1.95 bits per heavy atom. The first kappa shape index (κ1) is 16.9. The highest BCUT2D eigenvalue weighted by Crippen LogP contribution is 2.21. The van der Waals surface area contributed by atoms with Gasteiger partial charge in [0, 0.05) is 19.5 Å². The summed E-state index contributed by atoms with van der Waals surface area (Å²) in [6.45, 7) is 0.571. The van der Waals surface area contributed by atoms with Gasteiger partial charge in [-0.05, 0) is 19.3 Å². The molecule has 1 aliphatic heterocycles. The van der Waals surface area contributed by atoms with Crippen molar-refractivity contribution in [3.8, 4) is 0 Å². The minimum Gasteiger partial charge on any atom is -0.469 e. The number of carbonyl (C=O) groups is 2. The van der Waals surface area contributed by atoms with Gasteiger partial charge in [0.25, 0.3) is 0 Å². The molecule has 0 aliphatic carbocycles. The van der Waals surface area contributed by atoms with Gasteiger partial charge in [-0.15, -0.1) is 0 Å². The van der Waals surface area contributed by atoms with E-state index in [-0.39, 0.29) is 31.1 Å². The molecule has 20 heavy (non-hydrogen) atoms. The number of ether oxygens (including phenoxy) is 2. The van der Waals surface area contributed by atoms with Crippen molar-refractivity contribution in [2.75, 3.05) is 33.1 Å². The molecule has 1 heterocycles. The van der Waals surface area contributed by atoms with Crippen molar-refractivity contribution in [3.63, 3.8) is 0 Å². The van der Waals surface area contributed by atoms with Crippen LogP contribution in [-0.4, -0.2) is 57.7 Å². The number of carbonyl (C=O) groups excluding carboxylic acids is 2. The molecule has 0 unspecified atom stereocenters. The van der Waals surface area contributed by atoms with Crippen LogP contribution in [-0.2, 0) is 29.1 Å². The summed E-state index contributed by atoms with van der Waals surface area (Å²) >= 11 is 0. The Balaban J connectivity index is 2.54.